The minimum absolute atomic E-state index is 0.118. The van der Waals surface area contributed by atoms with E-state index < -0.39 is 37.4 Å². The molecule has 1 rings (SSSR count). The summed E-state index contributed by atoms with van der Waals surface area (Å²) in [6.07, 6.45) is -0.649. The Kier molecular flexibility index (Phi) is 7.24. The van der Waals surface area contributed by atoms with Gasteiger partial charge in [0.1, 0.15) is 6.04 Å². The number of rotatable bonds is 9. The number of carboxylic acids is 2. The highest BCUT2D eigenvalue weighted by Crippen LogP contribution is 2.54. The van der Waals surface area contributed by atoms with Crippen LogP contribution in [-0.2, 0) is 14.2 Å². The third kappa shape index (κ3) is 6.32. The number of carbonyl (C=O) groups is 2. The van der Waals surface area contributed by atoms with E-state index in [0.29, 0.717) is 4.90 Å². The molecule has 0 saturated carbocycles. The zero-order valence-electron chi connectivity index (χ0n) is 12.0. The molecule has 128 valence electrons. The molecule has 0 aliphatic heterocycles. The second-order valence-electron chi connectivity index (χ2n) is 4.84. The molecule has 1 aromatic carbocycles. The summed E-state index contributed by atoms with van der Waals surface area (Å²) in [4.78, 5) is 31.6. The fourth-order valence-electron chi connectivity index (χ4n) is 1.68. The van der Waals surface area contributed by atoms with Crippen LogP contribution < -0.4 is 5.73 Å². The van der Waals surface area contributed by atoms with E-state index in [4.69, 9.17) is 15.9 Å². The summed E-state index contributed by atoms with van der Waals surface area (Å²) in [6.45, 7) is 0. The lowest BCUT2D eigenvalue weighted by atomic mass is 10.2. The van der Waals surface area contributed by atoms with Gasteiger partial charge >= 0.3 is 11.9 Å². The summed E-state index contributed by atoms with van der Waals surface area (Å²) < 4.78 is 12.1. The van der Waals surface area contributed by atoms with Crippen molar-refractivity contribution in [3.05, 3.63) is 29.8 Å². The maximum absolute atomic E-state index is 12.1. The van der Waals surface area contributed by atoms with Crippen molar-refractivity contribution in [3.63, 3.8) is 0 Å². The Hall–Kier alpha value is -1.38. The molecule has 0 heterocycles. The van der Waals surface area contributed by atoms with Gasteiger partial charge in [-0.05, 0) is 24.1 Å². The second-order valence-corrected chi connectivity index (χ2v) is 8.33. The number of aliphatic hydroxyl groups is 1. The fraction of sp³-hybridized carbons (Fsp3) is 0.385. The van der Waals surface area contributed by atoms with Crippen LogP contribution in [0, 0.1) is 0 Å². The molecule has 0 aliphatic rings. The standard InChI is InChI=1S/C13H18NO7PS/c14-10(12(17)18)5-6-22(20,21)13(19)8-1-3-9(4-2-8)23-7-11(15)16/h1-4,10,13,19H,5-7,14H2,(H,15,16)(H,17,18)(H,20,21)/t10-,13?/m0/s1. The van der Waals surface area contributed by atoms with Crippen molar-refractivity contribution in [1.29, 1.82) is 0 Å². The number of thioether (sulfide) groups is 1. The third-order valence-corrected chi connectivity index (χ3v) is 5.96. The van der Waals surface area contributed by atoms with Crippen LogP contribution in [0.15, 0.2) is 29.2 Å². The quantitative estimate of drug-likeness (QED) is 0.318. The monoisotopic (exact) mass is 363 g/mol. The molecular weight excluding hydrogens is 345 g/mol. The Labute approximate surface area is 136 Å². The molecule has 10 heteroatoms. The van der Waals surface area contributed by atoms with E-state index >= 15 is 0 Å². The number of carboxylic acid groups (broad SMARTS) is 2. The highest BCUT2D eigenvalue weighted by atomic mass is 32.2. The largest absolute Gasteiger partial charge is 0.481 e. The Morgan fingerprint density at radius 1 is 1.22 bits per heavy atom. The lowest BCUT2D eigenvalue weighted by Gasteiger charge is -2.19. The summed E-state index contributed by atoms with van der Waals surface area (Å²) in [5, 5.41) is 27.2. The maximum Gasteiger partial charge on any atom is 0.320 e. The second kappa shape index (κ2) is 8.47. The Morgan fingerprint density at radius 2 is 1.78 bits per heavy atom. The van der Waals surface area contributed by atoms with E-state index in [2.05, 4.69) is 0 Å². The zero-order chi connectivity index (χ0) is 17.6. The number of aliphatic hydroxyl groups excluding tert-OH is 1. The topological polar surface area (TPSA) is 158 Å². The third-order valence-electron chi connectivity index (χ3n) is 3.00. The molecule has 0 fully saturated rings. The van der Waals surface area contributed by atoms with Crippen molar-refractivity contribution in [2.24, 2.45) is 5.73 Å². The maximum atomic E-state index is 12.1. The molecule has 3 atom stereocenters. The van der Waals surface area contributed by atoms with Gasteiger partial charge in [0.05, 0.1) is 5.75 Å². The molecule has 0 bridgehead atoms. The zero-order valence-corrected chi connectivity index (χ0v) is 13.7. The van der Waals surface area contributed by atoms with Gasteiger partial charge in [0.15, 0.2) is 5.85 Å². The van der Waals surface area contributed by atoms with Crippen LogP contribution in [0.1, 0.15) is 17.8 Å². The predicted octanol–water partition coefficient (Wildman–Crippen LogP) is 0.927. The summed E-state index contributed by atoms with van der Waals surface area (Å²) in [5.74, 6) is -4.01. The highest BCUT2D eigenvalue weighted by molar-refractivity contribution is 8.00. The van der Waals surface area contributed by atoms with Crippen LogP contribution in [0.25, 0.3) is 0 Å². The summed E-state index contributed by atoms with van der Waals surface area (Å²) in [5.41, 5.74) is 5.47. The van der Waals surface area contributed by atoms with Gasteiger partial charge in [-0.15, -0.1) is 11.8 Å². The number of benzene rings is 1. The fourth-order valence-corrected chi connectivity index (χ4v) is 3.83. The normalized spacial score (nSPS) is 16.3. The molecule has 23 heavy (non-hydrogen) atoms. The van der Waals surface area contributed by atoms with Crippen molar-refractivity contribution in [2.75, 3.05) is 11.9 Å². The molecule has 6 N–H and O–H groups in total. The first-order valence-corrected chi connectivity index (χ1v) is 9.46. The first-order valence-electron chi connectivity index (χ1n) is 6.56. The Balaban J connectivity index is 2.71. The van der Waals surface area contributed by atoms with Crippen molar-refractivity contribution in [1.82, 2.24) is 0 Å². The molecular formula is C13H18NO7PS. The van der Waals surface area contributed by atoms with Gasteiger partial charge in [0.2, 0.25) is 7.37 Å². The number of aliphatic carboxylic acids is 2. The van der Waals surface area contributed by atoms with Gasteiger partial charge in [-0.3, -0.25) is 14.2 Å². The van der Waals surface area contributed by atoms with Crippen LogP contribution >= 0.6 is 19.1 Å². The Bertz CT molecular complexity index is 607. The molecule has 2 unspecified atom stereocenters. The van der Waals surface area contributed by atoms with Crippen LogP contribution in [0.2, 0.25) is 0 Å². The van der Waals surface area contributed by atoms with Gasteiger partial charge < -0.3 is 25.9 Å². The van der Waals surface area contributed by atoms with E-state index in [-0.39, 0.29) is 17.7 Å². The van der Waals surface area contributed by atoms with Crippen molar-refractivity contribution in [2.45, 2.75) is 23.2 Å². The lowest BCUT2D eigenvalue weighted by Crippen LogP contribution is -2.31. The molecule has 0 spiro atoms. The summed E-state index contributed by atoms with van der Waals surface area (Å²) >= 11 is 1.08. The van der Waals surface area contributed by atoms with Crippen LogP contribution in [0.4, 0.5) is 0 Å². The minimum Gasteiger partial charge on any atom is -0.481 e. The summed E-state index contributed by atoms with van der Waals surface area (Å²) in [7, 11) is -4.03. The predicted molar refractivity (Wildman–Crippen MR) is 84.7 cm³/mol. The van der Waals surface area contributed by atoms with E-state index in [1.165, 1.54) is 24.3 Å². The van der Waals surface area contributed by atoms with Gasteiger partial charge in [0.25, 0.3) is 0 Å². The van der Waals surface area contributed by atoms with Gasteiger partial charge in [-0.2, -0.15) is 0 Å². The molecule has 8 nitrogen and oxygen atoms in total. The molecule has 1 aromatic rings. The van der Waals surface area contributed by atoms with Crippen LogP contribution in [0.3, 0.4) is 0 Å². The summed E-state index contributed by atoms with van der Waals surface area (Å²) in [6, 6.07) is 4.66. The van der Waals surface area contributed by atoms with E-state index in [0.717, 1.165) is 11.8 Å². The first kappa shape index (κ1) is 19.7. The molecule has 0 aliphatic carbocycles. The number of hydrogen-bond acceptors (Lipinski definition) is 6. The first-order chi connectivity index (χ1) is 10.6. The average molecular weight is 363 g/mol. The van der Waals surface area contributed by atoms with Crippen LogP contribution in [-0.4, -0.2) is 50.1 Å². The highest BCUT2D eigenvalue weighted by Gasteiger charge is 2.31. The SMILES string of the molecule is N[C@@H](CCP(=O)(O)C(O)c1ccc(SCC(=O)O)cc1)C(=O)O. The number of hydrogen-bond donors (Lipinski definition) is 5. The molecule has 0 saturated heterocycles. The molecule has 0 radical (unpaired) electrons. The van der Waals surface area contributed by atoms with Crippen molar-refractivity contribution >= 4 is 31.1 Å². The smallest absolute Gasteiger partial charge is 0.320 e. The van der Waals surface area contributed by atoms with Crippen molar-refractivity contribution in [3.8, 4) is 0 Å². The Morgan fingerprint density at radius 3 is 2.26 bits per heavy atom. The minimum atomic E-state index is -4.03. The lowest BCUT2D eigenvalue weighted by molar-refractivity contribution is -0.138. The van der Waals surface area contributed by atoms with E-state index in [1.807, 2.05) is 0 Å². The van der Waals surface area contributed by atoms with Gasteiger partial charge in [-0.1, -0.05) is 12.1 Å². The van der Waals surface area contributed by atoms with Crippen molar-refractivity contribution < 1.29 is 34.4 Å². The number of nitrogens with two attached hydrogens (primary N) is 1. The van der Waals surface area contributed by atoms with Crippen LogP contribution in [0.5, 0.6) is 0 Å². The van der Waals surface area contributed by atoms with E-state index in [9.17, 15) is 24.2 Å². The average Bonchev–Trinajstić information content (AvgIpc) is 2.50. The molecule has 0 aromatic heterocycles. The van der Waals surface area contributed by atoms with E-state index in [1.54, 1.807) is 0 Å². The van der Waals surface area contributed by atoms with Gasteiger partial charge in [0, 0.05) is 11.1 Å². The van der Waals surface area contributed by atoms with Gasteiger partial charge in [-0.25, -0.2) is 0 Å². The molecule has 0 amide bonds.